The van der Waals surface area contributed by atoms with Crippen molar-refractivity contribution in [1.29, 1.82) is 0 Å². The fraction of sp³-hybridized carbons (Fsp3) is 0.444. The number of alkyl halides is 6. The number of aliphatic imine (C=N–C) groups is 1. The Morgan fingerprint density at radius 1 is 0.952 bits per heavy atom. The van der Waals surface area contributed by atoms with E-state index in [4.69, 9.17) is 5.73 Å². The van der Waals surface area contributed by atoms with Gasteiger partial charge in [-0.15, -0.1) is 13.2 Å². The van der Waals surface area contributed by atoms with Gasteiger partial charge in [-0.3, -0.25) is 9.59 Å². The van der Waals surface area contributed by atoms with Crippen molar-refractivity contribution in [3.63, 3.8) is 0 Å². The fourth-order valence-electron chi connectivity index (χ4n) is 4.62. The zero-order valence-electron chi connectivity index (χ0n) is 22.0. The molecule has 0 aliphatic heterocycles. The van der Waals surface area contributed by atoms with Gasteiger partial charge in [-0.05, 0) is 47.7 Å². The molecular weight excluding hydrogens is 580 g/mol. The number of carbonyl (C=O) groups excluding carboxylic acids is 2. The number of rotatable bonds is 9. The lowest BCUT2D eigenvalue weighted by Gasteiger charge is -2.27. The molecule has 1 atom stereocenters. The van der Waals surface area contributed by atoms with Crippen LogP contribution in [0.4, 0.5) is 35.1 Å². The van der Waals surface area contributed by atoms with E-state index >= 15 is 0 Å². The van der Waals surface area contributed by atoms with Gasteiger partial charge in [-0.1, -0.05) is 44.2 Å². The van der Waals surface area contributed by atoms with Crippen LogP contribution in [0, 0.1) is 17.6 Å². The van der Waals surface area contributed by atoms with E-state index in [0.717, 1.165) is 56.4 Å². The van der Waals surface area contributed by atoms with Gasteiger partial charge in [0.1, 0.15) is 11.9 Å². The van der Waals surface area contributed by atoms with Crippen molar-refractivity contribution in [3.8, 4) is 5.75 Å². The van der Waals surface area contributed by atoms with Crippen LogP contribution in [0.2, 0.25) is 0 Å². The summed E-state index contributed by atoms with van der Waals surface area (Å²) in [6.07, 6.45) is -5.88. The summed E-state index contributed by atoms with van der Waals surface area (Å²) in [6.45, 7) is -0.293. The highest BCUT2D eigenvalue weighted by molar-refractivity contribution is 5.95. The molecule has 4 N–H and O–H groups in total. The second kappa shape index (κ2) is 13.8. The van der Waals surface area contributed by atoms with E-state index in [-0.39, 0.29) is 30.0 Å². The molecule has 3 rings (SSSR count). The van der Waals surface area contributed by atoms with Gasteiger partial charge < -0.3 is 21.1 Å². The Kier molecular flexibility index (Phi) is 10.7. The molecule has 1 fully saturated rings. The number of nitrogens with two attached hydrogens (primary N) is 1. The van der Waals surface area contributed by atoms with Crippen LogP contribution in [0.1, 0.15) is 55.2 Å². The van der Waals surface area contributed by atoms with Crippen LogP contribution in [-0.4, -0.2) is 30.2 Å². The third-order valence-electron chi connectivity index (χ3n) is 6.56. The lowest BCUT2D eigenvalue weighted by molar-refractivity contribution is -0.275. The van der Waals surface area contributed by atoms with Crippen LogP contribution in [0.15, 0.2) is 41.4 Å². The molecule has 1 aliphatic carbocycles. The van der Waals surface area contributed by atoms with Crippen LogP contribution >= 0.6 is 0 Å². The summed E-state index contributed by atoms with van der Waals surface area (Å²) in [5, 5.41) is 5.16. The summed E-state index contributed by atoms with van der Waals surface area (Å²) in [7, 11) is 0. The smallest absolute Gasteiger partial charge is 0.403 e. The first-order chi connectivity index (χ1) is 19.6. The maximum atomic E-state index is 13.7. The molecule has 230 valence electrons. The molecule has 0 aromatic heterocycles. The largest absolute Gasteiger partial charge is 0.573 e. The molecule has 0 heterocycles. The van der Waals surface area contributed by atoms with E-state index in [9.17, 15) is 44.7 Å². The summed E-state index contributed by atoms with van der Waals surface area (Å²) in [5.41, 5.74) is 4.24. The zero-order chi connectivity index (χ0) is 31.1. The number of ether oxygens (including phenoxy) is 1. The van der Waals surface area contributed by atoms with Gasteiger partial charge in [0.05, 0.1) is 12.0 Å². The van der Waals surface area contributed by atoms with Crippen LogP contribution in [-0.2, 0) is 28.7 Å². The van der Waals surface area contributed by atoms with Gasteiger partial charge in [-0.25, -0.2) is 8.78 Å². The molecule has 2 aromatic rings. The van der Waals surface area contributed by atoms with Crippen molar-refractivity contribution in [2.24, 2.45) is 16.6 Å². The Bertz CT molecular complexity index is 1290. The van der Waals surface area contributed by atoms with Crippen molar-refractivity contribution in [1.82, 2.24) is 10.6 Å². The first-order valence-corrected chi connectivity index (χ1v) is 12.9. The number of hydrogen-bond acceptors (Lipinski definition) is 3. The zero-order valence-corrected chi connectivity index (χ0v) is 22.0. The van der Waals surface area contributed by atoms with E-state index < -0.39 is 65.7 Å². The van der Waals surface area contributed by atoms with Crippen molar-refractivity contribution < 1.29 is 49.4 Å². The fourth-order valence-corrected chi connectivity index (χ4v) is 4.62. The minimum atomic E-state index is -5.12. The monoisotopic (exact) mass is 608 g/mol. The van der Waals surface area contributed by atoms with E-state index in [2.05, 4.69) is 20.4 Å². The Hall–Kier alpha value is -3.91. The first-order valence-electron chi connectivity index (χ1n) is 12.9. The minimum absolute atomic E-state index is 0.106. The summed E-state index contributed by atoms with van der Waals surface area (Å²) in [5.74, 6) is -5.78. The van der Waals surface area contributed by atoms with Gasteiger partial charge in [0, 0.05) is 6.54 Å². The lowest BCUT2D eigenvalue weighted by Crippen LogP contribution is -2.50. The van der Waals surface area contributed by atoms with Crippen LogP contribution < -0.4 is 21.1 Å². The quantitative estimate of drug-likeness (QED) is 0.198. The molecule has 7 nitrogen and oxygen atoms in total. The molecule has 42 heavy (non-hydrogen) atoms. The summed E-state index contributed by atoms with van der Waals surface area (Å²) >= 11 is 0. The molecule has 1 aliphatic rings. The molecule has 2 aromatic carbocycles. The van der Waals surface area contributed by atoms with E-state index in [1.165, 1.54) is 0 Å². The average molecular weight is 609 g/mol. The third kappa shape index (κ3) is 10.2. The molecule has 15 heteroatoms. The molecule has 0 saturated heterocycles. The third-order valence-corrected chi connectivity index (χ3v) is 6.56. The molecule has 1 saturated carbocycles. The Labute approximate surface area is 235 Å². The topological polar surface area (TPSA) is 106 Å². The minimum Gasteiger partial charge on any atom is -0.403 e. The van der Waals surface area contributed by atoms with Crippen molar-refractivity contribution in [2.45, 2.75) is 70.1 Å². The number of halogens is 8. The van der Waals surface area contributed by atoms with Gasteiger partial charge >= 0.3 is 12.5 Å². The van der Waals surface area contributed by atoms with Crippen LogP contribution in [0.5, 0.6) is 5.75 Å². The number of nitrogens with one attached hydrogen (secondary N) is 2. The highest BCUT2D eigenvalue weighted by atomic mass is 19.4. The Morgan fingerprint density at radius 2 is 1.60 bits per heavy atom. The number of carbonyl (C=O) groups is 2. The maximum absolute atomic E-state index is 13.7. The summed E-state index contributed by atoms with van der Waals surface area (Å²) in [4.78, 5) is 29.0. The maximum Gasteiger partial charge on any atom is 0.573 e. The predicted octanol–water partition coefficient (Wildman–Crippen LogP) is 5.51. The number of hydrogen-bond donors (Lipinski definition) is 3. The molecule has 2 amide bonds. The highest BCUT2D eigenvalue weighted by Crippen LogP contribution is 2.32. The Balaban J connectivity index is 1.69. The van der Waals surface area contributed by atoms with E-state index in [0.29, 0.717) is 12.1 Å². The number of nitrogens with zero attached hydrogens (tertiary/aromatic N) is 1. The number of benzene rings is 2. The standard InChI is InChI=1S/C27H28F8N4O3/c28-19-8-6-16(10-18(19)26(30,31)32)13-23(40)39-25(36)38-21(11-15-4-2-1-3-5-15)24(41)37-14-17-7-9-20(29)22(12-17)42-27(33,34)35/h6-10,12,15,21H,1-5,11,13-14H2,(H,37,41)(H3,36,38,39,40). The second-order valence-electron chi connectivity index (χ2n) is 9.85. The van der Waals surface area contributed by atoms with Gasteiger partial charge in [-0.2, -0.15) is 18.2 Å². The second-order valence-corrected chi connectivity index (χ2v) is 9.85. The summed E-state index contributed by atoms with van der Waals surface area (Å²) < 4.78 is 107. The first kappa shape index (κ1) is 32.6. The van der Waals surface area contributed by atoms with Crippen molar-refractivity contribution >= 4 is 17.8 Å². The van der Waals surface area contributed by atoms with E-state index in [1.54, 1.807) is 0 Å². The van der Waals surface area contributed by atoms with Gasteiger partial charge in [0.25, 0.3) is 5.91 Å². The van der Waals surface area contributed by atoms with Crippen LogP contribution in [0.25, 0.3) is 0 Å². The van der Waals surface area contributed by atoms with E-state index in [1.807, 2.05) is 0 Å². The SMILES string of the molecule is NC(=NC(=O)Cc1ccc(F)c(C(F)(F)F)c1)NC(CC1CCCCC1)C(=O)NCc1ccc(F)c(OC(F)(F)F)c1. The van der Waals surface area contributed by atoms with Gasteiger partial charge in [0.15, 0.2) is 17.5 Å². The average Bonchev–Trinajstić information content (AvgIpc) is 2.88. The number of amides is 2. The van der Waals surface area contributed by atoms with Gasteiger partial charge in [0.2, 0.25) is 5.91 Å². The van der Waals surface area contributed by atoms with Crippen molar-refractivity contribution in [2.75, 3.05) is 0 Å². The van der Waals surface area contributed by atoms with Crippen molar-refractivity contribution in [3.05, 3.63) is 64.7 Å². The lowest BCUT2D eigenvalue weighted by atomic mass is 9.84. The molecule has 0 radical (unpaired) electrons. The molecule has 0 spiro atoms. The molecular formula is C27H28F8N4O3. The highest BCUT2D eigenvalue weighted by Gasteiger charge is 2.34. The molecule has 1 unspecified atom stereocenters. The summed E-state index contributed by atoms with van der Waals surface area (Å²) in [6, 6.07) is 3.76. The molecule has 0 bridgehead atoms. The predicted molar refractivity (Wildman–Crippen MR) is 135 cm³/mol. The Morgan fingerprint density at radius 3 is 2.24 bits per heavy atom. The van der Waals surface area contributed by atoms with Crippen LogP contribution in [0.3, 0.4) is 0 Å². The number of guanidine groups is 1. The normalized spacial score (nSPS) is 15.7.